The predicted molar refractivity (Wildman–Crippen MR) is 77.4 cm³/mol. The first-order chi connectivity index (χ1) is 9.89. The van der Waals surface area contributed by atoms with Crippen molar-refractivity contribution in [2.24, 2.45) is 0 Å². The van der Waals surface area contributed by atoms with Gasteiger partial charge in [-0.2, -0.15) is 13.2 Å². The summed E-state index contributed by atoms with van der Waals surface area (Å²) in [5, 5.41) is 0. The summed E-state index contributed by atoms with van der Waals surface area (Å²) in [4.78, 5) is 4.13. The van der Waals surface area contributed by atoms with E-state index in [-0.39, 0.29) is 6.17 Å². The van der Waals surface area contributed by atoms with Crippen molar-refractivity contribution in [2.45, 2.75) is 12.3 Å². The highest BCUT2D eigenvalue weighted by atomic mass is 19.4. The molecule has 3 rings (SSSR count). The minimum Gasteiger partial charge on any atom is -0.349 e. The molecule has 0 amide bonds. The van der Waals surface area contributed by atoms with Gasteiger partial charge in [0.05, 0.1) is 16.9 Å². The molecular formula is C16H15F3N2. The van der Waals surface area contributed by atoms with Crippen LogP contribution in [0.15, 0.2) is 48.5 Å². The van der Waals surface area contributed by atoms with Crippen molar-refractivity contribution >= 4 is 11.4 Å². The normalized spacial score (nSPS) is 15.5. The maximum absolute atomic E-state index is 12.6. The number of hydrogen-bond acceptors (Lipinski definition) is 2. The van der Waals surface area contributed by atoms with Gasteiger partial charge < -0.3 is 9.80 Å². The number of rotatable bonds is 1. The van der Waals surface area contributed by atoms with Crippen LogP contribution in [0.25, 0.3) is 0 Å². The van der Waals surface area contributed by atoms with E-state index in [1.54, 1.807) is 12.1 Å². The van der Waals surface area contributed by atoms with Gasteiger partial charge in [-0.05, 0) is 29.8 Å². The number of fused-ring (bicyclic) bond motifs is 1. The summed E-state index contributed by atoms with van der Waals surface area (Å²) >= 11 is 0. The molecule has 0 fully saturated rings. The number of nitrogens with zero attached hydrogens (tertiary/aromatic N) is 2. The van der Waals surface area contributed by atoms with Crippen molar-refractivity contribution < 1.29 is 13.2 Å². The van der Waals surface area contributed by atoms with Crippen LogP contribution in [-0.2, 0) is 6.18 Å². The molecule has 0 saturated carbocycles. The lowest BCUT2D eigenvalue weighted by atomic mass is 10.1. The highest BCUT2D eigenvalue weighted by Gasteiger charge is 2.34. The van der Waals surface area contributed by atoms with Crippen LogP contribution in [0, 0.1) is 0 Å². The van der Waals surface area contributed by atoms with E-state index in [9.17, 15) is 13.2 Å². The molecule has 0 unspecified atom stereocenters. The van der Waals surface area contributed by atoms with Crippen LogP contribution in [0.2, 0.25) is 0 Å². The Labute approximate surface area is 121 Å². The number of anilines is 2. The Bertz CT molecular complexity index is 620. The predicted octanol–water partition coefficient (Wildman–Crippen LogP) is 4.29. The highest BCUT2D eigenvalue weighted by Crippen LogP contribution is 2.44. The third-order valence-corrected chi connectivity index (χ3v) is 3.91. The van der Waals surface area contributed by atoms with Crippen molar-refractivity contribution in [3.8, 4) is 0 Å². The average molecular weight is 292 g/mol. The summed E-state index contributed by atoms with van der Waals surface area (Å²) in [6.07, 6.45) is -4.39. The molecule has 110 valence electrons. The minimum absolute atomic E-state index is 0.0929. The monoisotopic (exact) mass is 292 g/mol. The van der Waals surface area contributed by atoms with Gasteiger partial charge in [0.15, 0.2) is 0 Å². The molecule has 0 aliphatic carbocycles. The summed E-state index contributed by atoms with van der Waals surface area (Å²) in [6, 6.07) is 13.3. The molecule has 2 aromatic rings. The summed E-state index contributed by atoms with van der Waals surface area (Å²) < 4.78 is 37.9. The van der Waals surface area contributed by atoms with E-state index in [0.29, 0.717) is 0 Å². The van der Waals surface area contributed by atoms with Gasteiger partial charge in [-0.3, -0.25) is 0 Å². The van der Waals surface area contributed by atoms with E-state index in [4.69, 9.17) is 0 Å². The number of halogens is 3. The molecule has 0 saturated heterocycles. The summed E-state index contributed by atoms with van der Waals surface area (Å²) in [5.41, 5.74) is 2.37. The lowest BCUT2D eigenvalue weighted by molar-refractivity contribution is -0.137. The molecule has 0 atom stereocenters. The second-order valence-corrected chi connectivity index (χ2v) is 5.20. The first-order valence-electron chi connectivity index (χ1n) is 6.61. The van der Waals surface area contributed by atoms with Crippen LogP contribution in [0.1, 0.15) is 17.3 Å². The van der Waals surface area contributed by atoms with E-state index < -0.39 is 11.7 Å². The molecule has 1 aliphatic heterocycles. The van der Waals surface area contributed by atoms with Gasteiger partial charge in [-0.1, -0.05) is 24.3 Å². The molecule has 1 aliphatic rings. The fourth-order valence-electron chi connectivity index (χ4n) is 2.88. The first-order valence-corrected chi connectivity index (χ1v) is 6.61. The number of benzene rings is 2. The van der Waals surface area contributed by atoms with Crippen LogP contribution in [0.4, 0.5) is 24.5 Å². The topological polar surface area (TPSA) is 6.48 Å². The van der Waals surface area contributed by atoms with E-state index in [1.165, 1.54) is 0 Å². The van der Waals surface area contributed by atoms with Crippen molar-refractivity contribution in [3.05, 3.63) is 59.7 Å². The Morgan fingerprint density at radius 2 is 1.29 bits per heavy atom. The molecule has 0 spiro atoms. The Morgan fingerprint density at radius 3 is 1.71 bits per heavy atom. The van der Waals surface area contributed by atoms with Gasteiger partial charge in [0.25, 0.3) is 0 Å². The van der Waals surface area contributed by atoms with Crippen molar-refractivity contribution in [1.29, 1.82) is 0 Å². The molecule has 2 nitrogen and oxygen atoms in total. The van der Waals surface area contributed by atoms with Crippen LogP contribution >= 0.6 is 0 Å². The van der Waals surface area contributed by atoms with Gasteiger partial charge in [0, 0.05) is 14.1 Å². The summed E-state index contributed by atoms with van der Waals surface area (Å²) in [5.74, 6) is 0. The fourth-order valence-corrected chi connectivity index (χ4v) is 2.88. The maximum atomic E-state index is 12.6. The van der Waals surface area contributed by atoms with Gasteiger partial charge in [-0.25, -0.2) is 0 Å². The third kappa shape index (κ3) is 2.22. The zero-order valence-electron chi connectivity index (χ0n) is 11.7. The lowest BCUT2D eigenvalue weighted by Gasteiger charge is -2.28. The van der Waals surface area contributed by atoms with Crippen LogP contribution in [0.5, 0.6) is 0 Å². The smallest absolute Gasteiger partial charge is 0.349 e. The second-order valence-electron chi connectivity index (χ2n) is 5.20. The zero-order valence-corrected chi connectivity index (χ0v) is 11.7. The summed E-state index contributed by atoms with van der Waals surface area (Å²) in [7, 11) is 3.90. The quantitative estimate of drug-likeness (QED) is 0.773. The largest absolute Gasteiger partial charge is 0.416 e. The standard InChI is InChI=1S/C16H15F3N2/c1-20-13-5-3-4-6-14(13)21(2)15(20)11-7-9-12(10-8-11)16(17,18)19/h3-10,15H,1-2H3. The van der Waals surface area contributed by atoms with Crippen molar-refractivity contribution in [1.82, 2.24) is 0 Å². The Hall–Kier alpha value is -2.17. The Kier molecular flexibility index (Phi) is 3.08. The number of alkyl halides is 3. The molecule has 1 heterocycles. The summed E-state index contributed by atoms with van der Waals surface area (Å²) in [6.45, 7) is 0. The van der Waals surface area contributed by atoms with E-state index >= 15 is 0 Å². The molecule has 0 bridgehead atoms. The van der Waals surface area contributed by atoms with Crippen LogP contribution in [-0.4, -0.2) is 14.1 Å². The van der Waals surface area contributed by atoms with Gasteiger partial charge >= 0.3 is 6.18 Å². The second kappa shape index (κ2) is 4.69. The number of para-hydroxylation sites is 2. The van der Waals surface area contributed by atoms with Gasteiger partial charge in [-0.15, -0.1) is 0 Å². The van der Waals surface area contributed by atoms with E-state index in [2.05, 4.69) is 9.80 Å². The molecule has 5 heteroatoms. The third-order valence-electron chi connectivity index (χ3n) is 3.91. The lowest BCUT2D eigenvalue weighted by Crippen LogP contribution is -2.30. The zero-order chi connectivity index (χ0) is 15.2. The molecule has 0 radical (unpaired) electrons. The maximum Gasteiger partial charge on any atom is 0.416 e. The van der Waals surface area contributed by atoms with Crippen molar-refractivity contribution in [2.75, 3.05) is 23.9 Å². The molecule has 0 aromatic heterocycles. The molecule has 0 N–H and O–H groups in total. The van der Waals surface area contributed by atoms with Gasteiger partial charge in [0.2, 0.25) is 0 Å². The van der Waals surface area contributed by atoms with Crippen LogP contribution in [0.3, 0.4) is 0 Å². The Morgan fingerprint density at radius 1 is 0.810 bits per heavy atom. The molecular weight excluding hydrogens is 277 g/mol. The molecule has 21 heavy (non-hydrogen) atoms. The average Bonchev–Trinajstić information content (AvgIpc) is 2.71. The first kappa shape index (κ1) is 13.8. The van der Waals surface area contributed by atoms with Gasteiger partial charge in [0.1, 0.15) is 6.17 Å². The molecule has 2 aromatic carbocycles. The Balaban J connectivity index is 1.95. The van der Waals surface area contributed by atoms with Crippen LogP contribution < -0.4 is 9.80 Å². The SMILES string of the molecule is CN1c2ccccc2N(C)C1c1ccc(C(F)(F)F)cc1. The number of hydrogen-bond donors (Lipinski definition) is 0. The van der Waals surface area contributed by atoms with E-state index in [1.807, 2.05) is 38.4 Å². The highest BCUT2D eigenvalue weighted by molar-refractivity contribution is 5.77. The van der Waals surface area contributed by atoms with Crippen molar-refractivity contribution in [3.63, 3.8) is 0 Å². The minimum atomic E-state index is -4.30. The fraction of sp³-hybridized carbons (Fsp3) is 0.250. The van der Waals surface area contributed by atoms with E-state index in [0.717, 1.165) is 29.1 Å².